The van der Waals surface area contributed by atoms with Crippen LogP contribution in [0.4, 0.5) is 5.82 Å². The zero-order valence-corrected chi connectivity index (χ0v) is 19.8. The molecule has 0 unspecified atom stereocenters. The number of hydrogen-bond donors (Lipinski definition) is 1. The molecule has 1 N–H and O–H groups in total. The summed E-state index contributed by atoms with van der Waals surface area (Å²) in [4.78, 5) is 36.7. The van der Waals surface area contributed by atoms with E-state index in [1.807, 2.05) is 23.1 Å². The quantitative estimate of drug-likeness (QED) is 0.690. The Kier molecular flexibility index (Phi) is 5.62. The van der Waals surface area contributed by atoms with E-state index >= 15 is 0 Å². The number of nitrogens with one attached hydrogen (secondary N) is 1. The molecule has 4 aliphatic carbocycles. The molecule has 2 aromatic rings. The molecular formula is C28H34N4O2. The van der Waals surface area contributed by atoms with Gasteiger partial charge in [0.15, 0.2) is 0 Å². The van der Waals surface area contributed by atoms with Crippen LogP contribution in [0.15, 0.2) is 36.7 Å². The normalized spacial score (nSPS) is 29.1. The van der Waals surface area contributed by atoms with Crippen molar-refractivity contribution in [1.82, 2.24) is 14.9 Å². The SMILES string of the molecule is O=C(CC12CC3CC(CC(C3)C1)C2)Nc1ncnc2c1CCN(C(=O)CCc1ccccc1)C2. The zero-order chi connectivity index (χ0) is 23.1. The first-order chi connectivity index (χ1) is 16.6. The van der Waals surface area contributed by atoms with Crippen molar-refractivity contribution in [2.24, 2.45) is 23.2 Å². The van der Waals surface area contributed by atoms with Crippen molar-refractivity contribution >= 4 is 17.6 Å². The Morgan fingerprint density at radius 3 is 2.41 bits per heavy atom. The lowest BCUT2D eigenvalue weighted by molar-refractivity contribution is -0.132. The van der Waals surface area contributed by atoms with E-state index in [1.165, 1.54) is 50.4 Å². The van der Waals surface area contributed by atoms with Gasteiger partial charge in [0.1, 0.15) is 12.1 Å². The van der Waals surface area contributed by atoms with Crippen molar-refractivity contribution in [3.63, 3.8) is 0 Å². The van der Waals surface area contributed by atoms with Crippen molar-refractivity contribution < 1.29 is 9.59 Å². The lowest BCUT2D eigenvalue weighted by Gasteiger charge is -2.56. The summed E-state index contributed by atoms with van der Waals surface area (Å²) in [6.45, 7) is 1.13. The maximum atomic E-state index is 13.1. The Morgan fingerprint density at radius 1 is 1.00 bits per heavy atom. The highest BCUT2D eigenvalue weighted by Crippen LogP contribution is 2.61. The van der Waals surface area contributed by atoms with E-state index in [0.29, 0.717) is 38.2 Å². The van der Waals surface area contributed by atoms with Gasteiger partial charge in [-0.25, -0.2) is 9.97 Å². The van der Waals surface area contributed by atoms with E-state index in [2.05, 4.69) is 27.4 Å². The number of aromatic nitrogens is 2. The topological polar surface area (TPSA) is 75.2 Å². The van der Waals surface area contributed by atoms with Crippen LogP contribution < -0.4 is 5.32 Å². The van der Waals surface area contributed by atoms with Crippen LogP contribution in [0, 0.1) is 23.2 Å². The smallest absolute Gasteiger partial charge is 0.226 e. The molecule has 4 fully saturated rings. The lowest BCUT2D eigenvalue weighted by Crippen LogP contribution is -2.47. The summed E-state index contributed by atoms with van der Waals surface area (Å²) in [7, 11) is 0. The number of amides is 2. The molecule has 2 amide bonds. The number of nitrogens with zero attached hydrogens (tertiary/aromatic N) is 3. The largest absolute Gasteiger partial charge is 0.336 e. The minimum atomic E-state index is 0.101. The second-order valence-corrected chi connectivity index (χ2v) is 11.3. The summed E-state index contributed by atoms with van der Waals surface area (Å²) in [6.07, 6.45) is 11.9. The minimum Gasteiger partial charge on any atom is -0.336 e. The molecule has 5 aliphatic rings. The van der Waals surface area contributed by atoms with Gasteiger partial charge in [-0.3, -0.25) is 9.59 Å². The maximum absolute atomic E-state index is 13.1. The second-order valence-electron chi connectivity index (χ2n) is 11.3. The van der Waals surface area contributed by atoms with Crippen molar-refractivity contribution in [3.05, 3.63) is 53.5 Å². The summed E-state index contributed by atoms with van der Waals surface area (Å²) < 4.78 is 0. The van der Waals surface area contributed by atoms with E-state index in [4.69, 9.17) is 0 Å². The number of anilines is 1. The Morgan fingerprint density at radius 2 is 1.71 bits per heavy atom. The van der Waals surface area contributed by atoms with E-state index in [1.54, 1.807) is 0 Å². The van der Waals surface area contributed by atoms with Crippen LogP contribution in [0.2, 0.25) is 0 Å². The van der Waals surface area contributed by atoms with Crippen molar-refractivity contribution in [1.29, 1.82) is 0 Å². The van der Waals surface area contributed by atoms with Gasteiger partial charge >= 0.3 is 0 Å². The van der Waals surface area contributed by atoms with E-state index in [9.17, 15) is 9.59 Å². The number of fused-ring (bicyclic) bond motifs is 1. The first-order valence-electron chi connectivity index (χ1n) is 13.0. The molecule has 1 aromatic carbocycles. The molecule has 4 bridgehead atoms. The fourth-order valence-electron chi connectivity index (χ4n) is 7.75. The van der Waals surface area contributed by atoms with E-state index < -0.39 is 0 Å². The third-order valence-corrected chi connectivity index (χ3v) is 8.79. The highest BCUT2D eigenvalue weighted by molar-refractivity contribution is 5.91. The van der Waals surface area contributed by atoms with Gasteiger partial charge in [0.25, 0.3) is 0 Å². The fraction of sp³-hybridized carbons (Fsp3) is 0.571. The molecule has 4 saturated carbocycles. The van der Waals surface area contributed by atoms with Gasteiger partial charge in [0.05, 0.1) is 12.2 Å². The third-order valence-electron chi connectivity index (χ3n) is 8.79. The summed E-state index contributed by atoms with van der Waals surface area (Å²) >= 11 is 0. The predicted molar refractivity (Wildman–Crippen MR) is 130 cm³/mol. The third kappa shape index (κ3) is 4.35. The Balaban J connectivity index is 1.08. The molecule has 6 nitrogen and oxygen atoms in total. The summed E-state index contributed by atoms with van der Waals surface area (Å²) in [5.41, 5.74) is 3.25. The average Bonchev–Trinajstić information content (AvgIpc) is 2.82. The van der Waals surface area contributed by atoms with Gasteiger partial charge in [-0.05, 0) is 80.1 Å². The van der Waals surface area contributed by atoms with Crippen molar-refractivity contribution in [2.75, 3.05) is 11.9 Å². The maximum Gasteiger partial charge on any atom is 0.226 e. The highest BCUT2D eigenvalue weighted by atomic mass is 16.2. The monoisotopic (exact) mass is 458 g/mol. The molecule has 0 atom stereocenters. The van der Waals surface area contributed by atoms with Crippen molar-refractivity contribution in [3.8, 4) is 0 Å². The van der Waals surface area contributed by atoms with Crippen LogP contribution in [0.25, 0.3) is 0 Å². The number of carbonyl (C=O) groups excluding carboxylic acids is 2. The average molecular weight is 459 g/mol. The van der Waals surface area contributed by atoms with Crippen molar-refractivity contribution in [2.45, 2.75) is 70.8 Å². The Hall–Kier alpha value is -2.76. The highest BCUT2D eigenvalue weighted by Gasteiger charge is 2.51. The molecule has 7 rings (SSSR count). The molecular weight excluding hydrogens is 424 g/mol. The fourth-order valence-corrected chi connectivity index (χ4v) is 7.75. The zero-order valence-electron chi connectivity index (χ0n) is 19.8. The summed E-state index contributed by atoms with van der Waals surface area (Å²) in [5, 5.41) is 3.14. The first-order valence-corrected chi connectivity index (χ1v) is 13.0. The molecule has 0 radical (unpaired) electrons. The molecule has 0 saturated heterocycles. The Bertz CT molecular complexity index is 1050. The summed E-state index contributed by atoms with van der Waals surface area (Å²) in [5.74, 6) is 3.43. The van der Waals surface area contributed by atoms with Gasteiger partial charge in [0, 0.05) is 24.9 Å². The van der Waals surface area contributed by atoms with Crippen LogP contribution in [0.3, 0.4) is 0 Å². The molecule has 1 aliphatic heterocycles. The molecule has 178 valence electrons. The van der Waals surface area contributed by atoms with Gasteiger partial charge in [-0.15, -0.1) is 0 Å². The van der Waals surface area contributed by atoms with Gasteiger partial charge < -0.3 is 10.2 Å². The Labute approximate surface area is 201 Å². The number of aryl methyl sites for hydroxylation is 1. The predicted octanol–water partition coefficient (Wildman–Crippen LogP) is 4.54. The van der Waals surface area contributed by atoms with Gasteiger partial charge in [-0.1, -0.05) is 30.3 Å². The van der Waals surface area contributed by atoms with E-state index in [0.717, 1.165) is 35.4 Å². The number of carbonyl (C=O) groups is 2. The van der Waals surface area contributed by atoms with Crippen LogP contribution in [0.1, 0.15) is 68.2 Å². The summed E-state index contributed by atoms with van der Waals surface area (Å²) in [6, 6.07) is 10.1. The lowest BCUT2D eigenvalue weighted by atomic mass is 9.49. The van der Waals surface area contributed by atoms with Crippen LogP contribution in [-0.4, -0.2) is 33.2 Å². The molecule has 34 heavy (non-hydrogen) atoms. The molecule has 0 spiro atoms. The number of hydrogen-bond acceptors (Lipinski definition) is 4. The molecule has 6 heteroatoms. The molecule has 2 heterocycles. The van der Waals surface area contributed by atoms with E-state index in [-0.39, 0.29) is 17.2 Å². The standard InChI is InChI=1S/C28H34N4O2/c33-25(16-28-13-20-10-21(14-28)12-22(11-20)15-28)31-27-23-8-9-32(17-24(23)29-18-30-27)26(34)7-6-19-4-2-1-3-5-19/h1-5,18,20-22H,6-17H2,(H,29,30,31,33). The van der Waals surface area contributed by atoms with Crippen LogP contribution >= 0.6 is 0 Å². The number of benzene rings is 1. The second kappa shape index (κ2) is 8.79. The molecule has 1 aromatic heterocycles. The van der Waals surface area contributed by atoms with Crippen LogP contribution in [0.5, 0.6) is 0 Å². The first kappa shape index (κ1) is 21.8. The van der Waals surface area contributed by atoms with Gasteiger partial charge in [-0.2, -0.15) is 0 Å². The van der Waals surface area contributed by atoms with Crippen LogP contribution in [-0.2, 0) is 29.0 Å². The minimum absolute atomic E-state index is 0.101. The number of rotatable bonds is 6. The van der Waals surface area contributed by atoms with Gasteiger partial charge in [0.2, 0.25) is 11.8 Å².